The summed E-state index contributed by atoms with van der Waals surface area (Å²) >= 11 is 12.1. The Morgan fingerprint density at radius 2 is 1.64 bits per heavy atom. The van der Waals surface area contributed by atoms with Crippen LogP contribution in [-0.2, 0) is 9.59 Å². The minimum atomic E-state index is -0.279. The van der Waals surface area contributed by atoms with Gasteiger partial charge in [0.25, 0.3) is 0 Å². The first-order valence-corrected chi connectivity index (χ1v) is 8.63. The maximum absolute atomic E-state index is 12.1. The number of hydrogen-bond acceptors (Lipinski definition) is 3. The average molecular weight is 380 g/mol. The van der Waals surface area contributed by atoms with Gasteiger partial charge in [-0.1, -0.05) is 42.3 Å². The van der Waals surface area contributed by atoms with Crippen LogP contribution < -0.4 is 16.0 Å². The summed E-state index contributed by atoms with van der Waals surface area (Å²) in [6.07, 6.45) is 1.20. The average Bonchev–Trinajstić information content (AvgIpc) is 2.57. The highest BCUT2D eigenvalue weighted by atomic mass is 35.5. The van der Waals surface area contributed by atoms with Crippen molar-refractivity contribution in [1.29, 1.82) is 0 Å². The van der Waals surface area contributed by atoms with Gasteiger partial charge in [-0.25, -0.2) is 0 Å². The van der Waals surface area contributed by atoms with Crippen molar-refractivity contribution in [2.75, 3.05) is 22.5 Å². The fourth-order valence-electron chi connectivity index (χ4n) is 2.12. The van der Waals surface area contributed by atoms with Gasteiger partial charge in [-0.2, -0.15) is 0 Å². The molecule has 0 aliphatic carbocycles. The molecule has 0 saturated carbocycles. The lowest BCUT2D eigenvalue weighted by molar-refractivity contribution is -0.116. The highest BCUT2D eigenvalue weighted by Gasteiger charge is 2.09. The summed E-state index contributed by atoms with van der Waals surface area (Å²) < 4.78 is 0. The summed E-state index contributed by atoms with van der Waals surface area (Å²) in [5.74, 6) is -0.360. The quantitative estimate of drug-likeness (QED) is 0.647. The zero-order chi connectivity index (χ0) is 18.2. The van der Waals surface area contributed by atoms with E-state index in [1.807, 2.05) is 19.1 Å². The van der Waals surface area contributed by atoms with Crippen LogP contribution in [0.15, 0.2) is 42.5 Å². The molecule has 2 rings (SSSR count). The number of nitrogens with one attached hydrogen (secondary N) is 3. The third-order valence-corrected chi connectivity index (χ3v) is 3.97. The molecule has 0 aliphatic heterocycles. The maximum Gasteiger partial charge on any atom is 0.243 e. The smallest absolute Gasteiger partial charge is 0.243 e. The van der Waals surface area contributed by atoms with E-state index in [0.29, 0.717) is 33.5 Å². The Balaban J connectivity index is 1.97. The second-order valence-corrected chi connectivity index (χ2v) is 6.19. The van der Waals surface area contributed by atoms with Crippen LogP contribution >= 0.6 is 23.2 Å². The molecule has 132 valence electrons. The number of para-hydroxylation sites is 1. The van der Waals surface area contributed by atoms with Gasteiger partial charge in [-0.15, -0.1) is 0 Å². The highest BCUT2D eigenvalue weighted by Crippen LogP contribution is 2.26. The summed E-state index contributed by atoms with van der Waals surface area (Å²) in [5.41, 5.74) is 1.69. The number of hydrogen-bond donors (Lipinski definition) is 3. The molecular weight excluding hydrogens is 361 g/mol. The van der Waals surface area contributed by atoms with Gasteiger partial charge < -0.3 is 16.0 Å². The van der Waals surface area contributed by atoms with Crippen LogP contribution in [0.5, 0.6) is 0 Å². The molecule has 0 aromatic heterocycles. The number of carbonyl (C=O) groups excluding carboxylic acids is 2. The molecule has 25 heavy (non-hydrogen) atoms. The van der Waals surface area contributed by atoms with Crippen LogP contribution in [0.1, 0.15) is 19.8 Å². The van der Waals surface area contributed by atoms with Gasteiger partial charge in [0.15, 0.2) is 0 Å². The molecule has 0 radical (unpaired) electrons. The summed E-state index contributed by atoms with van der Waals surface area (Å²) in [5, 5.41) is 9.37. The van der Waals surface area contributed by atoms with Gasteiger partial charge in [0.1, 0.15) is 0 Å². The van der Waals surface area contributed by atoms with Crippen molar-refractivity contribution in [2.45, 2.75) is 19.8 Å². The minimum Gasteiger partial charge on any atom is -0.375 e. The number of halogens is 2. The SMILES string of the molecule is CCCC(=O)Nc1ccc(Cl)c(NC(=O)CNc2ccccc2Cl)c1. The van der Waals surface area contributed by atoms with Crippen molar-refractivity contribution in [1.82, 2.24) is 0 Å². The van der Waals surface area contributed by atoms with E-state index >= 15 is 0 Å². The topological polar surface area (TPSA) is 70.2 Å². The predicted octanol–water partition coefficient (Wildman–Crippen LogP) is 4.78. The van der Waals surface area contributed by atoms with E-state index in [-0.39, 0.29) is 18.4 Å². The van der Waals surface area contributed by atoms with Crippen molar-refractivity contribution >= 4 is 52.1 Å². The summed E-state index contributed by atoms with van der Waals surface area (Å²) in [6.45, 7) is 1.96. The van der Waals surface area contributed by atoms with Crippen molar-refractivity contribution < 1.29 is 9.59 Å². The van der Waals surface area contributed by atoms with Crippen LogP contribution in [0.25, 0.3) is 0 Å². The Morgan fingerprint density at radius 3 is 2.36 bits per heavy atom. The van der Waals surface area contributed by atoms with Crippen LogP contribution in [0, 0.1) is 0 Å². The summed E-state index contributed by atoms with van der Waals surface area (Å²) in [6, 6.07) is 12.1. The first-order chi connectivity index (χ1) is 12.0. The van der Waals surface area contributed by atoms with E-state index in [4.69, 9.17) is 23.2 Å². The normalized spacial score (nSPS) is 10.2. The largest absolute Gasteiger partial charge is 0.375 e. The lowest BCUT2D eigenvalue weighted by atomic mass is 10.2. The van der Waals surface area contributed by atoms with Gasteiger partial charge in [0.05, 0.1) is 28.0 Å². The molecule has 5 nitrogen and oxygen atoms in total. The Bertz CT molecular complexity index is 766. The number of amides is 2. The molecule has 0 fully saturated rings. The minimum absolute atomic E-state index is 0.0342. The Labute approximate surface area is 156 Å². The number of benzene rings is 2. The van der Waals surface area contributed by atoms with E-state index in [2.05, 4.69) is 16.0 Å². The second-order valence-electron chi connectivity index (χ2n) is 5.37. The molecule has 0 atom stereocenters. The monoisotopic (exact) mass is 379 g/mol. The van der Waals surface area contributed by atoms with Gasteiger partial charge in [-0.05, 0) is 36.8 Å². The third kappa shape index (κ3) is 5.96. The number of rotatable bonds is 7. The van der Waals surface area contributed by atoms with Gasteiger partial charge in [0.2, 0.25) is 11.8 Å². The lowest BCUT2D eigenvalue weighted by Gasteiger charge is -2.12. The molecule has 7 heteroatoms. The first kappa shape index (κ1) is 19.1. The second kappa shape index (κ2) is 9.30. The molecular formula is C18H19Cl2N3O2. The Hall–Kier alpha value is -2.24. The Kier molecular flexibility index (Phi) is 7.10. The predicted molar refractivity (Wildman–Crippen MR) is 104 cm³/mol. The van der Waals surface area contributed by atoms with Gasteiger partial charge >= 0.3 is 0 Å². The van der Waals surface area contributed by atoms with Gasteiger partial charge in [0, 0.05) is 12.1 Å². The molecule has 0 bridgehead atoms. The van der Waals surface area contributed by atoms with Crippen molar-refractivity contribution in [3.05, 3.63) is 52.5 Å². The van der Waals surface area contributed by atoms with E-state index in [0.717, 1.165) is 6.42 Å². The molecule has 3 N–H and O–H groups in total. The molecule has 0 heterocycles. The molecule has 0 spiro atoms. The molecule has 0 unspecified atom stereocenters. The number of anilines is 3. The van der Waals surface area contributed by atoms with E-state index < -0.39 is 0 Å². The maximum atomic E-state index is 12.1. The van der Waals surface area contributed by atoms with Crippen molar-refractivity contribution in [3.63, 3.8) is 0 Å². The lowest BCUT2D eigenvalue weighted by Crippen LogP contribution is -2.22. The summed E-state index contributed by atoms with van der Waals surface area (Å²) in [4.78, 5) is 23.8. The fourth-order valence-corrected chi connectivity index (χ4v) is 2.49. The van der Waals surface area contributed by atoms with Crippen LogP contribution in [0.2, 0.25) is 10.0 Å². The van der Waals surface area contributed by atoms with E-state index in [1.165, 1.54) is 0 Å². The van der Waals surface area contributed by atoms with Crippen molar-refractivity contribution in [3.8, 4) is 0 Å². The van der Waals surface area contributed by atoms with Crippen molar-refractivity contribution in [2.24, 2.45) is 0 Å². The third-order valence-electron chi connectivity index (χ3n) is 3.31. The van der Waals surface area contributed by atoms with Crippen LogP contribution in [0.3, 0.4) is 0 Å². The molecule has 2 amide bonds. The van der Waals surface area contributed by atoms with E-state index in [1.54, 1.807) is 30.3 Å². The Morgan fingerprint density at radius 1 is 0.920 bits per heavy atom. The highest BCUT2D eigenvalue weighted by molar-refractivity contribution is 6.34. The van der Waals surface area contributed by atoms with Crippen LogP contribution in [0.4, 0.5) is 17.1 Å². The fraction of sp³-hybridized carbons (Fsp3) is 0.222. The van der Waals surface area contributed by atoms with E-state index in [9.17, 15) is 9.59 Å². The van der Waals surface area contributed by atoms with Crippen LogP contribution in [-0.4, -0.2) is 18.4 Å². The summed E-state index contributed by atoms with van der Waals surface area (Å²) in [7, 11) is 0. The van der Waals surface area contributed by atoms with Gasteiger partial charge in [-0.3, -0.25) is 9.59 Å². The first-order valence-electron chi connectivity index (χ1n) is 7.87. The molecule has 2 aromatic carbocycles. The molecule has 2 aromatic rings. The zero-order valence-electron chi connectivity index (χ0n) is 13.7. The zero-order valence-corrected chi connectivity index (χ0v) is 15.2. The molecule has 0 saturated heterocycles. The standard InChI is InChI=1S/C18H19Cl2N3O2/c1-2-5-17(24)22-12-8-9-14(20)16(10-12)23-18(25)11-21-15-7-4-3-6-13(15)19/h3-4,6-10,21H,2,5,11H2,1H3,(H,22,24)(H,23,25). The molecule has 0 aliphatic rings. The number of carbonyl (C=O) groups is 2.